The Labute approximate surface area is 130 Å². The number of aliphatic carboxylic acids is 1. The summed E-state index contributed by atoms with van der Waals surface area (Å²) in [7, 11) is 0. The van der Waals surface area contributed by atoms with Gasteiger partial charge in [0.05, 0.1) is 5.92 Å². The van der Waals surface area contributed by atoms with Gasteiger partial charge in [-0.2, -0.15) is 0 Å². The van der Waals surface area contributed by atoms with Crippen molar-refractivity contribution in [1.29, 1.82) is 0 Å². The van der Waals surface area contributed by atoms with E-state index in [1.165, 1.54) is 32.1 Å². The van der Waals surface area contributed by atoms with Gasteiger partial charge in [-0.15, -0.1) is 0 Å². The van der Waals surface area contributed by atoms with Crippen molar-refractivity contribution in [2.24, 2.45) is 17.8 Å². The molecule has 2 rings (SSSR count). The smallest absolute Gasteiger partial charge is 0.308 e. The molecule has 2 aliphatic rings. The van der Waals surface area contributed by atoms with Crippen LogP contribution in [0.2, 0.25) is 0 Å². The van der Waals surface area contributed by atoms with Crippen molar-refractivity contribution < 1.29 is 9.90 Å². The highest BCUT2D eigenvalue weighted by atomic mass is 16.4. The SMILES string of the molecule is CCC1CCC(C(=O)O)C(N(CC(C)C)C2CCCC2)C1. The van der Waals surface area contributed by atoms with Crippen LogP contribution in [-0.2, 0) is 4.79 Å². The van der Waals surface area contributed by atoms with Gasteiger partial charge in [0.1, 0.15) is 0 Å². The molecule has 3 heteroatoms. The van der Waals surface area contributed by atoms with Crippen LogP contribution < -0.4 is 0 Å². The molecular weight excluding hydrogens is 262 g/mol. The Balaban J connectivity index is 2.17. The van der Waals surface area contributed by atoms with Gasteiger partial charge in [-0.05, 0) is 43.9 Å². The predicted octanol–water partition coefficient (Wildman–Crippen LogP) is 4.17. The number of carbonyl (C=O) groups is 1. The number of hydrogen-bond acceptors (Lipinski definition) is 2. The van der Waals surface area contributed by atoms with Crippen LogP contribution in [0.3, 0.4) is 0 Å². The molecule has 2 fully saturated rings. The minimum Gasteiger partial charge on any atom is -0.481 e. The predicted molar refractivity (Wildman–Crippen MR) is 86.3 cm³/mol. The van der Waals surface area contributed by atoms with Gasteiger partial charge in [-0.25, -0.2) is 0 Å². The molecule has 0 bridgehead atoms. The molecule has 0 spiro atoms. The molecule has 1 N–H and O–H groups in total. The lowest BCUT2D eigenvalue weighted by atomic mass is 9.76. The zero-order valence-corrected chi connectivity index (χ0v) is 14.1. The first-order valence-corrected chi connectivity index (χ1v) is 9.01. The second kappa shape index (κ2) is 7.62. The molecular formula is C18H33NO2. The Morgan fingerprint density at radius 1 is 1.19 bits per heavy atom. The highest BCUT2D eigenvalue weighted by Gasteiger charge is 2.40. The van der Waals surface area contributed by atoms with Gasteiger partial charge in [0.2, 0.25) is 0 Å². The molecule has 3 unspecified atom stereocenters. The van der Waals surface area contributed by atoms with E-state index < -0.39 is 5.97 Å². The van der Waals surface area contributed by atoms with Gasteiger partial charge >= 0.3 is 5.97 Å². The lowest BCUT2D eigenvalue weighted by Gasteiger charge is -2.44. The minimum absolute atomic E-state index is 0.146. The van der Waals surface area contributed by atoms with Gasteiger partial charge in [0, 0.05) is 18.6 Å². The summed E-state index contributed by atoms with van der Waals surface area (Å²) in [6.45, 7) is 7.84. The fourth-order valence-electron chi connectivity index (χ4n) is 4.47. The zero-order valence-electron chi connectivity index (χ0n) is 14.1. The minimum atomic E-state index is -0.568. The third kappa shape index (κ3) is 4.21. The molecule has 0 aromatic carbocycles. The van der Waals surface area contributed by atoms with E-state index in [-0.39, 0.29) is 12.0 Å². The molecule has 0 aromatic heterocycles. The third-order valence-electron chi connectivity index (χ3n) is 5.62. The van der Waals surface area contributed by atoms with Crippen molar-refractivity contribution in [2.75, 3.05) is 6.54 Å². The second-order valence-corrected chi connectivity index (χ2v) is 7.63. The first-order valence-electron chi connectivity index (χ1n) is 9.01. The van der Waals surface area contributed by atoms with E-state index in [0.717, 1.165) is 31.7 Å². The van der Waals surface area contributed by atoms with E-state index in [1.807, 2.05) is 0 Å². The van der Waals surface area contributed by atoms with Crippen molar-refractivity contribution in [3.05, 3.63) is 0 Å². The maximum Gasteiger partial charge on any atom is 0.308 e. The fraction of sp³-hybridized carbons (Fsp3) is 0.944. The van der Waals surface area contributed by atoms with Crippen LogP contribution >= 0.6 is 0 Å². The Kier molecular flexibility index (Phi) is 6.09. The zero-order chi connectivity index (χ0) is 15.4. The summed E-state index contributed by atoms with van der Waals surface area (Å²) < 4.78 is 0. The molecule has 0 radical (unpaired) electrons. The molecule has 0 amide bonds. The van der Waals surface area contributed by atoms with Crippen LogP contribution in [0.4, 0.5) is 0 Å². The van der Waals surface area contributed by atoms with Crippen molar-refractivity contribution in [1.82, 2.24) is 4.90 Å². The molecule has 0 heterocycles. The van der Waals surface area contributed by atoms with Crippen LogP contribution in [-0.4, -0.2) is 34.6 Å². The Morgan fingerprint density at radius 3 is 2.38 bits per heavy atom. The van der Waals surface area contributed by atoms with Crippen LogP contribution in [0.5, 0.6) is 0 Å². The van der Waals surface area contributed by atoms with Crippen molar-refractivity contribution in [3.63, 3.8) is 0 Å². The number of rotatable bonds is 6. The van der Waals surface area contributed by atoms with Crippen molar-refractivity contribution >= 4 is 5.97 Å². The van der Waals surface area contributed by atoms with E-state index in [1.54, 1.807) is 0 Å². The summed E-state index contributed by atoms with van der Waals surface area (Å²) >= 11 is 0. The molecule has 21 heavy (non-hydrogen) atoms. The van der Waals surface area contributed by atoms with E-state index in [9.17, 15) is 9.90 Å². The number of nitrogens with zero attached hydrogens (tertiary/aromatic N) is 1. The molecule has 3 atom stereocenters. The Hall–Kier alpha value is -0.570. The van der Waals surface area contributed by atoms with Gasteiger partial charge in [-0.3, -0.25) is 9.69 Å². The van der Waals surface area contributed by atoms with Gasteiger partial charge in [0.15, 0.2) is 0 Å². The van der Waals surface area contributed by atoms with E-state index in [0.29, 0.717) is 12.0 Å². The molecule has 0 aliphatic heterocycles. The molecule has 3 nitrogen and oxygen atoms in total. The summed E-state index contributed by atoms with van der Waals surface area (Å²) in [6, 6.07) is 0.904. The van der Waals surface area contributed by atoms with Crippen molar-refractivity contribution in [3.8, 4) is 0 Å². The highest BCUT2D eigenvalue weighted by molar-refractivity contribution is 5.71. The summed E-state index contributed by atoms with van der Waals surface area (Å²) in [4.78, 5) is 14.3. The summed E-state index contributed by atoms with van der Waals surface area (Å²) in [5.41, 5.74) is 0. The summed E-state index contributed by atoms with van der Waals surface area (Å²) in [5.74, 6) is 0.622. The normalized spacial score (nSPS) is 31.2. The lowest BCUT2D eigenvalue weighted by molar-refractivity contribution is -0.147. The van der Waals surface area contributed by atoms with E-state index >= 15 is 0 Å². The van der Waals surface area contributed by atoms with Crippen LogP contribution in [0, 0.1) is 17.8 Å². The molecule has 0 aromatic rings. The van der Waals surface area contributed by atoms with Crippen LogP contribution in [0.1, 0.15) is 72.1 Å². The molecule has 0 saturated heterocycles. The summed E-state index contributed by atoms with van der Waals surface area (Å²) in [6.07, 6.45) is 9.45. The first-order chi connectivity index (χ1) is 10.0. The van der Waals surface area contributed by atoms with Crippen molar-refractivity contribution in [2.45, 2.75) is 84.2 Å². The van der Waals surface area contributed by atoms with E-state index in [2.05, 4.69) is 25.7 Å². The number of carboxylic acid groups (broad SMARTS) is 1. The summed E-state index contributed by atoms with van der Waals surface area (Å²) in [5, 5.41) is 9.67. The lowest BCUT2D eigenvalue weighted by Crippen LogP contribution is -2.52. The molecule has 122 valence electrons. The largest absolute Gasteiger partial charge is 0.481 e. The topological polar surface area (TPSA) is 40.5 Å². The monoisotopic (exact) mass is 295 g/mol. The Bertz CT molecular complexity index is 336. The average Bonchev–Trinajstić information content (AvgIpc) is 2.97. The van der Waals surface area contributed by atoms with Crippen LogP contribution in [0.15, 0.2) is 0 Å². The maximum absolute atomic E-state index is 11.7. The highest BCUT2D eigenvalue weighted by Crippen LogP contribution is 2.38. The number of carboxylic acids is 1. The third-order valence-corrected chi connectivity index (χ3v) is 5.62. The Morgan fingerprint density at radius 2 is 1.86 bits per heavy atom. The van der Waals surface area contributed by atoms with Gasteiger partial charge < -0.3 is 5.11 Å². The quantitative estimate of drug-likeness (QED) is 0.799. The van der Waals surface area contributed by atoms with E-state index in [4.69, 9.17) is 0 Å². The molecule has 2 aliphatic carbocycles. The van der Waals surface area contributed by atoms with Gasteiger partial charge in [0.25, 0.3) is 0 Å². The first kappa shape index (κ1) is 16.8. The fourth-order valence-corrected chi connectivity index (χ4v) is 4.47. The maximum atomic E-state index is 11.7. The van der Waals surface area contributed by atoms with Gasteiger partial charge in [-0.1, -0.05) is 40.0 Å². The van der Waals surface area contributed by atoms with Crippen LogP contribution in [0.25, 0.3) is 0 Å². The average molecular weight is 295 g/mol. The molecule has 2 saturated carbocycles. The second-order valence-electron chi connectivity index (χ2n) is 7.63. The number of hydrogen-bond donors (Lipinski definition) is 1. The standard InChI is InChI=1S/C18H33NO2/c1-4-14-9-10-16(18(20)21)17(11-14)19(12-13(2)3)15-7-5-6-8-15/h13-17H,4-12H2,1-3H3,(H,20,21).